The highest BCUT2D eigenvalue weighted by Crippen LogP contribution is 2.11. The zero-order valence-electron chi connectivity index (χ0n) is 7.52. The molecule has 1 rings (SSSR count). The van der Waals surface area contributed by atoms with E-state index in [4.69, 9.17) is 10.8 Å². The monoisotopic (exact) mass is 193 g/mol. The molecule has 0 atom stereocenters. The lowest BCUT2D eigenvalue weighted by Gasteiger charge is -2.00. The third-order valence-electron chi connectivity index (χ3n) is 1.52. The second-order valence-corrected chi connectivity index (χ2v) is 2.50. The maximum absolute atomic E-state index is 10.8. The van der Waals surface area contributed by atoms with Gasteiger partial charge < -0.3 is 9.94 Å². The van der Waals surface area contributed by atoms with Crippen molar-refractivity contribution in [2.75, 3.05) is 7.11 Å². The Hall–Kier alpha value is -2.04. The van der Waals surface area contributed by atoms with Gasteiger partial charge in [0.15, 0.2) is 5.71 Å². The van der Waals surface area contributed by atoms with Crippen LogP contribution in [0.4, 0.5) is 0 Å². The molecule has 0 saturated carbocycles. The fourth-order valence-corrected chi connectivity index (χ4v) is 0.970. The first-order valence-electron chi connectivity index (χ1n) is 3.81. The summed E-state index contributed by atoms with van der Waals surface area (Å²) in [6.07, 6.45) is 0. The number of phenolic OH excluding ortho intramolecular Hbond substituents is 1. The van der Waals surface area contributed by atoms with Crippen LogP contribution in [0.1, 0.15) is 5.56 Å². The van der Waals surface area contributed by atoms with E-state index in [-0.39, 0.29) is 11.5 Å². The van der Waals surface area contributed by atoms with Crippen molar-refractivity contribution in [2.24, 2.45) is 5.16 Å². The summed E-state index contributed by atoms with van der Waals surface area (Å²) in [5.74, 6) is -0.954. The van der Waals surface area contributed by atoms with Gasteiger partial charge in [-0.3, -0.25) is 10.5 Å². The van der Waals surface area contributed by atoms with Crippen LogP contribution in [-0.2, 0) is 9.63 Å². The van der Waals surface area contributed by atoms with Crippen LogP contribution in [0.3, 0.4) is 0 Å². The van der Waals surface area contributed by atoms with Crippen LogP contribution in [-0.4, -0.2) is 23.8 Å². The average molecular weight is 193 g/mol. The molecule has 0 unspecified atom stereocenters. The molecular formula is C9H9N2O3. The van der Waals surface area contributed by atoms with Gasteiger partial charge in [-0.25, -0.2) is 0 Å². The lowest BCUT2D eigenvalue weighted by atomic mass is 10.1. The minimum Gasteiger partial charge on any atom is -0.508 e. The zero-order chi connectivity index (χ0) is 10.6. The maximum Gasteiger partial charge on any atom is 0.292 e. The summed E-state index contributed by atoms with van der Waals surface area (Å²) in [5, 5.41) is 12.5. The van der Waals surface area contributed by atoms with Crippen LogP contribution in [0.25, 0.3) is 0 Å². The molecule has 0 aromatic heterocycles. The molecule has 0 aliphatic rings. The quantitative estimate of drug-likeness (QED) is 0.562. The van der Waals surface area contributed by atoms with Crippen molar-refractivity contribution in [1.82, 2.24) is 5.73 Å². The average Bonchev–Trinajstić information content (AvgIpc) is 2.13. The summed E-state index contributed by atoms with van der Waals surface area (Å²) >= 11 is 0. The van der Waals surface area contributed by atoms with Gasteiger partial charge in [-0.2, -0.15) is 0 Å². The molecule has 0 heterocycles. The van der Waals surface area contributed by atoms with Crippen LogP contribution < -0.4 is 5.73 Å². The topological polar surface area (TPSA) is 82.7 Å². The number of carbonyl (C=O) groups excluding carboxylic acids is 1. The number of nitrogens with zero attached hydrogens (tertiary/aromatic N) is 1. The first-order chi connectivity index (χ1) is 6.65. The van der Waals surface area contributed by atoms with E-state index in [2.05, 4.69) is 9.99 Å². The smallest absolute Gasteiger partial charge is 0.292 e. The number of rotatable bonds is 3. The van der Waals surface area contributed by atoms with E-state index in [1.54, 1.807) is 12.1 Å². The number of hydrogen-bond acceptors (Lipinski definition) is 4. The van der Waals surface area contributed by atoms with E-state index in [0.29, 0.717) is 5.56 Å². The van der Waals surface area contributed by atoms with Gasteiger partial charge >= 0.3 is 0 Å². The van der Waals surface area contributed by atoms with Gasteiger partial charge in [0, 0.05) is 5.56 Å². The highest BCUT2D eigenvalue weighted by molar-refractivity contribution is 6.44. The second-order valence-electron chi connectivity index (χ2n) is 2.50. The minimum atomic E-state index is -0.961. The Morgan fingerprint density at radius 1 is 1.57 bits per heavy atom. The summed E-state index contributed by atoms with van der Waals surface area (Å²) < 4.78 is 0. The Morgan fingerprint density at radius 2 is 2.29 bits per heavy atom. The Labute approximate surface area is 80.8 Å². The molecule has 0 spiro atoms. The third kappa shape index (κ3) is 2.22. The largest absolute Gasteiger partial charge is 0.508 e. The highest BCUT2D eigenvalue weighted by atomic mass is 16.6. The molecule has 0 aliphatic heterocycles. The molecule has 5 nitrogen and oxygen atoms in total. The number of hydrogen-bond donors (Lipinski definition) is 1. The third-order valence-corrected chi connectivity index (χ3v) is 1.52. The number of benzene rings is 1. The number of amides is 1. The van der Waals surface area contributed by atoms with E-state index >= 15 is 0 Å². The number of carbonyl (C=O) groups is 1. The van der Waals surface area contributed by atoms with Crippen molar-refractivity contribution in [2.45, 2.75) is 0 Å². The lowest BCUT2D eigenvalue weighted by Crippen LogP contribution is -2.16. The van der Waals surface area contributed by atoms with Crippen LogP contribution in [0.2, 0.25) is 0 Å². The Bertz CT molecular complexity index is 374. The Morgan fingerprint density at radius 3 is 2.79 bits per heavy atom. The van der Waals surface area contributed by atoms with Gasteiger partial charge in [0.1, 0.15) is 12.9 Å². The van der Waals surface area contributed by atoms with Crippen molar-refractivity contribution >= 4 is 11.6 Å². The maximum atomic E-state index is 10.8. The molecule has 1 amide bonds. The molecule has 1 aromatic rings. The SMILES string of the molecule is CON=C(C([NH])=O)c1cccc(O)c1. The summed E-state index contributed by atoms with van der Waals surface area (Å²) in [5.41, 5.74) is 7.13. The predicted octanol–water partition coefficient (Wildman–Crippen LogP) is 0.552. The summed E-state index contributed by atoms with van der Waals surface area (Å²) in [6.45, 7) is 0. The van der Waals surface area contributed by atoms with Crippen LogP contribution in [0.5, 0.6) is 5.75 Å². The van der Waals surface area contributed by atoms with E-state index < -0.39 is 5.91 Å². The molecule has 14 heavy (non-hydrogen) atoms. The Balaban J connectivity index is 3.12. The standard InChI is InChI=1S/C9H9N2O3/c1-14-11-8(9(10)13)6-3-2-4-7(12)5-6/h2-5,10,12H,1H3. The van der Waals surface area contributed by atoms with Gasteiger partial charge in [0.05, 0.1) is 0 Å². The van der Waals surface area contributed by atoms with Crippen molar-refractivity contribution in [3.63, 3.8) is 0 Å². The van der Waals surface area contributed by atoms with Gasteiger partial charge in [-0.1, -0.05) is 17.3 Å². The van der Waals surface area contributed by atoms with E-state index in [0.717, 1.165) is 0 Å². The predicted molar refractivity (Wildman–Crippen MR) is 49.8 cm³/mol. The number of aromatic hydroxyl groups is 1. The second kappa shape index (κ2) is 4.27. The first-order valence-corrected chi connectivity index (χ1v) is 3.81. The van der Waals surface area contributed by atoms with E-state index in [9.17, 15) is 4.79 Å². The van der Waals surface area contributed by atoms with Crippen molar-refractivity contribution in [3.8, 4) is 5.75 Å². The minimum absolute atomic E-state index is 0.00699. The van der Waals surface area contributed by atoms with E-state index in [1.807, 2.05) is 0 Å². The molecule has 1 radical (unpaired) electrons. The van der Waals surface area contributed by atoms with Crippen LogP contribution >= 0.6 is 0 Å². The highest BCUT2D eigenvalue weighted by Gasteiger charge is 2.12. The van der Waals surface area contributed by atoms with Gasteiger partial charge in [0.2, 0.25) is 0 Å². The molecule has 0 bridgehead atoms. The van der Waals surface area contributed by atoms with Crippen molar-refractivity contribution < 1.29 is 14.7 Å². The number of oxime groups is 1. The number of phenols is 1. The molecule has 0 saturated heterocycles. The fraction of sp³-hybridized carbons (Fsp3) is 0.111. The summed E-state index contributed by atoms with van der Waals surface area (Å²) in [6, 6.07) is 5.91. The lowest BCUT2D eigenvalue weighted by molar-refractivity contribution is -0.112. The molecule has 2 N–H and O–H groups in total. The van der Waals surface area contributed by atoms with Gasteiger partial charge in [-0.05, 0) is 12.1 Å². The molecule has 0 aliphatic carbocycles. The van der Waals surface area contributed by atoms with Gasteiger partial charge in [0.25, 0.3) is 5.91 Å². The first kappa shape index (κ1) is 10.0. The van der Waals surface area contributed by atoms with Crippen molar-refractivity contribution in [1.29, 1.82) is 0 Å². The molecule has 73 valence electrons. The summed E-state index contributed by atoms with van der Waals surface area (Å²) in [4.78, 5) is 15.2. The van der Waals surface area contributed by atoms with E-state index in [1.165, 1.54) is 19.2 Å². The molecule has 5 heteroatoms. The molecular weight excluding hydrogens is 184 g/mol. The van der Waals surface area contributed by atoms with Crippen molar-refractivity contribution in [3.05, 3.63) is 29.8 Å². The summed E-state index contributed by atoms with van der Waals surface area (Å²) in [7, 11) is 1.28. The molecule has 0 fully saturated rings. The fourth-order valence-electron chi connectivity index (χ4n) is 0.970. The zero-order valence-corrected chi connectivity index (χ0v) is 7.52. The van der Waals surface area contributed by atoms with Crippen LogP contribution in [0.15, 0.2) is 29.4 Å². The van der Waals surface area contributed by atoms with Gasteiger partial charge in [-0.15, -0.1) is 0 Å². The van der Waals surface area contributed by atoms with Crippen LogP contribution in [0, 0.1) is 0 Å². The molecule has 1 aromatic carbocycles. The Kier molecular flexibility index (Phi) is 3.06. The number of nitrogens with one attached hydrogen (secondary N) is 1. The normalized spacial score (nSPS) is 11.1.